The van der Waals surface area contributed by atoms with Crippen molar-refractivity contribution in [1.82, 2.24) is 4.90 Å². The van der Waals surface area contributed by atoms with Gasteiger partial charge in [0.05, 0.1) is 18.8 Å². The largest absolute Gasteiger partial charge is 0.395 e. The molecule has 0 bridgehead atoms. The second-order valence-electron chi connectivity index (χ2n) is 4.95. The highest BCUT2D eigenvalue weighted by Crippen LogP contribution is 2.26. The van der Waals surface area contributed by atoms with E-state index < -0.39 is 0 Å². The summed E-state index contributed by atoms with van der Waals surface area (Å²) in [4.78, 5) is 2.33. The van der Waals surface area contributed by atoms with Gasteiger partial charge in [0.25, 0.3) is 0 Å². The Bertz CT molecular complexity index is 161. The molecule has 0 amide bonds. The number of aliphatic hydroxyl groups excluding tert-OH is 1. The fraction of sp³-hybridized carbons (Fsp3) is 1.00. The highest BCUT2D eigenvalue weighted by atomic mass is 16.5. The minimum absolute atomic E-state index is 0.0472. The predicted octanol–water partition coefficient (Wildman–Crippen LogP) is 1.26. The SMILES string of the molecule is CC(C)(C)OCCN(CCO)C1CC1. The fourth-order valence-electron chi connectivity index (χ4n) is 1.51. The Morgan fingerprint density at radius 1 is 1.29 bits per heavy atom. The summed E-state index contributed by atoms with van der Waals surface area (Å²) in [6.07, 6.45) is 2.57. The van der Waals surface area contributed by atoms with Crippen LogP contribution in [0.1, 0.15) is 33.6 Å². The van der Waals surface area contributed by atoms with Crippen LogP contribution in [0.4, 0.5) is 0 Å². The first-order valence-corrected chi connectivity index (χ1v) is 5.52. The molecule has 1 aliphatic rings. The van der Waals surface area contributed by atoms with E-state index in [-0.39, 0.29) is 12.2 Å². The average Bonchev–Trinajstić information content (AvgIpc) is 2.83. The fourth-order valence-corrected chi connectivity index (χ4v) is 1.51. The lowest BCUT2D eigenvalue weighted by Gasteiger charge is -2.24. The molecule has 0 spiro atoms. The van der Waals surface area contributed by atoms with Gasteiger partial charge in [-0.2, -0.15) is 0 Å². The molecular formula is C11H23NO2. The van der Waals surface area contributed by atoms with Crippen molar-refractivity contribution in [3.05, 3.63) is 0 Å². The van der Waals surface area contributed by atoms with Crippen LogP contribution >= 0.6 is 0 Å². The Labute approximate surface area is 87.1 Å². The number of rotatable bonds is 6. The van der Waals surface area contributed by atoms with Crippen molar-refractivity contribution in [2.24, 2.45) is 0 Å². The molecule has 0 aromatic heterocycles. The second-order valence-corrected chi connectivity index (χ2v) is 4.95. The lowest BCUT2D eigenvalue weighted by molar-refractivity contribution is -0.0152. The molecule has 1 saturated carbocycles. The minimum Gasteiger partial charge on any atom is -0.395 e. The van der Waals surface area contributed by atoms with Crippen LogP contribution in [0.2, 0.25) is 0 Å². The van der Waals surface area contributed by atoms with Gasteiger partial charge in [-0.25, -0.2) is 0 Å². The Kier molecular flexibility index (Phi) is 4.35. The molecule has 0 aliphatic heterocycles. The molecule has 0 radical (unpaired) electrons. The molecular weight excluding hydrogens is 178 g/mol. The second kappa shape index (κ2) is 5.10. The maximum absolute atomic E-state index is 8.89. The van der Waals surface area contributed by atoms with E-state index in [4.69, 9.17) is 9.84 Å². The quantitative estimate of drug-likeness (QED) is 0.702. The van der Waals surface area contributed by atoms with Crippen molar-refractivity contribution in [3.8, 4) is 0 Å². The van der Waals surface area contributed by atoms with E-state index in [0.717, 1.165) is 19.7 Å². The van der Waals surface area contributed by atoms with Crippen molar-refractivity contribution in [2.45, 2.75) is 45.3 Å². The summed E-state index contributed by atoms with van der Waals surface area (Å²) in [6.45, 7) is 8.97. The molecule has 0 saturated heterocycles. The molecule has 1 fully saturated rings. The van der Waals surface area contributed by atoms with Crippen molar-refractivity contribution in [1.29, 1.82) is 0 Å². The number of hydrogen-bond donors (Lipinski definition) is 1. The van der Waals surface area contributed by atoms with Gasteiger partial charge < -0.3 is 9.84 Å². The molecule has 1 rings (SSSR count). The molecule has 0 heterocycles. The summed E-state index contributed by atoms with van der Waals surface area (Å²) in [5.41, 5.74) is -0.0472. The van der Waals surface area contributed by atoms with E-state index in [1.54, 1.807) is 0 Å². The van der Waals surface area contributed by atoms with Crippen molar-refractivity contribution >= 4 is 0 Å². The van der Waals surface area contributed by atoms with Crippen molar-refractivity contribution in [3.63, 3.8) is 0 Å². The van der Waals surface area contributed by atoms with Crippen LogP contribution in [-0.2, 0) is 4.74 Å². The molecule has 1 aliphatic carbocycles. The van der Waals surface area contributed by atoms with Crippen LogP contribution < -0.4 is 0 Å². The Morgan fingerprint density at radius 2 is 1.93 bits per heavy atom. The summed E-state index contributed by atoms with van der Waals surface area (Å²) in [5, 5.41) is 8.89. The Balaban J connectivity index is 2.13. The molecule has 84 valence electrons. The lowest BCUT2D eigenvalue weighted by atomic mass is 10.2. The highest BCUT2D eigenvalue weighted by Gasteiger charge is 2.28. The van der Waals surface area contributed by atoms with Gasteiger partial charge >= 0.3 is 0 Å². The maximum Gasteiger partial charge on any atom is 0.0600 e. The summed E-state index contributed by atoms with van der Waals surface area (Å²) < 4.78 is 5.66. The Morgan fingerprint density at radius 3 is 2.36 bits per heavy atom. The van der Waals surface area contributed by atoms with Crippen LogP contribution in [0.25, 0.3) is 0 Å². The van der Waals surface area contributed by atoms with Crippen molar-refractivity contribution < 1.29 is 9.84 Å². The number of aliphatic hydroxyl groups is 1. The third-order valence-electron chi connectivity index (χ3n) is 2.36. The van der Waals surface area contributed by atoms with Gasteiger partial charge in [0, 0.05) is 19.1 Å². The third kappa shape index (κ3) is 4.94. The first-order valence-electron chi connectivity index (χ1n) is 5.52. The Hall–Kier alpha value is -0.120. The van der Waals surface area contributed by atoms with Crippen LogP contribution in [-0.4, -0.2) is 48.0 Å². The van der Waals surface area contributed by atoms with E-state index in [2.05, 4.69) is 25.7 Å². The third-order valence-corrected chi connectivity index (χ3v) is 2.36. The monoisotopic (exact) mass is 201 g/mol. The van der Waals surface area contributed by atoms with E-state index in [0.29, 0.717) is 6.04 Å². The normalized spacial score (nSPS) is 17.8. The smallest absolute Gasteiger partial charge is 0.0600 e. The summed E-state index contributed by atoms with van der Waals surface area (Å²) in [5.74, 6) is 0. The summed E-state index contributed by atoms with van der Waals surface area (Å²) >= 11 is 0. The lowest BCUT2D eigenvalue weighted by Crippen LogP contribution is -2.34. The summed E-state index contributed by atoms with van der Waals surface area (Å²) in [6, 6.07) is 0.714. The van der Waals surface area contributed by atoms with E-state index in [1.807, 2.05) is 0 Å². The van der Waals surface area contributed by atoms with Crippen LogP contribution in [0.3, 0.4) is 0 Å². The standard InChI is InChI=1S/C11H23NO2/c1-11(2,3)14-9-7-12(6-8-13)10-4-5-10/h10,13H,4-9H2,1-3H3. The summed E-state index contributed by atoms with van der Waals surface area (Å²) in [7, 11) is 0. The van der Waals surface area contributed by atoms with Gasteiger partial charge in [0.1, 0.15) is 0 Å². The molecule has 0 unspecified atom stereocenters. The molecule has 3 heteroatoms. The van der Waals surface area contributed by atoms with Gasteiger partial charge in [-0.3, -0.25) is 4.90 Å². The molecule has 1 N–H and O–H groups in total. The zero-order valence-corrected chi connectivity index (χ0v) is 9.62. The number of nitrogens with zero attached hydrogens (tertiary/aromatic N) is 1. The molecule has 14 heavy (non-hydrogen) atoms. The molecule has 0 aromatic carbocycles. The van der Waals surface area contributed by atoms with E-state index in [1.165, 1.54) is 12.8 Å². The average molecular weight is 201 g/mol. The molecule has 0 atom stereocenters. The van der Waals surface area contributed by atoms with Crippen LogP contribution in [0.5, 0.6) is 0 Å². The number of hydrogen-bond acceptors (Lipinski definition) is 3. The molecule has 3 nitrogen and oxygen atoms in total. The predicted molar refractivity (Wildman–Crippen MR) is 57.4 cm³/mol. The van der Waals surface area contributed by atoms with Crippen molar-refractivity contribution in [2.75, 3.05) is 26.3 Å². The first kappa shape index (κ1) is 12.0. The van der Waals surface area contributed by atoms with Crippen LogP contribution in [0, 0.1) is 0 Å². The maximum atomic E-state index is 8.89. The van der Waals surface area contributed by atoms with Gasteiger partial charge in [-0.15, -0.1) is 0 Å². The van der Waals surface area contributed by atoms with Gasteiger partial charge in [-0.05, 0) is 33.6 Å². The topological polar surface area (TPSA) is 32.7 Å². The zero-order chi connectivity index (χ0) is 10.6. The van der Waals surface area contributed by atoms with Gasteiger partial charge in [-0.1, -0.05) is 0 Å². The van der Waals surface area contributed by atoms with Gasteiger partial charge in [0.15, 0.2) is 0 Å². The van der Waals surface area contributed by atoms with E-state index in [9.17, 15) is 0 Å². The first-order chi connectivity index (χ1) is 6.53. The van der Waals surface area contributed by atoms with Crippen LogP contribution in [0.15, 0.2) is 0 Å². The minimum atomic E-state index is -0.0472. The zero-order valence-electron chi connectivity index (χ0n) is 9.62. The number of ether oxygens (including phenoxy) is 1. The van der Waals surface area contributed by atoms with Gasteiger partial charge in [0.2, 0.25) is 0 Å². The highest BCUT2D eigenvalue weighted by molar-refractivity contribution is 4.84. The van der Waals surface area contributed by atoms with E-state index >= 15 is 0 Å². The molecule has 0 aromatic rings.